The van der Waals surface area contributed by atoms with Crippen molar-refractivity contribution in [3.05, 3.63) is 0 Å². The quantitative estimate of drug-likeness (QED) is 0.708. The fraction of sp³-hybridized carbons (Fsp3) is 1.00. The molecule has 0 bridgehead atoms. The van der Waals surface area contributed by atoms with Crippen LogP contribution in [-0.2, 0) is 4.74 Å². The molecule has 3 heteroatoms. The Balaban J connectivity index is 2.02. The SMILES string of the molecule is CC(C)NCC(O)COC1CCCCC1. The third-order valence-corrected chi connectivity index (χ3v) is 2.84. The zero-order chi connectivity index (χ0) is 11.1. The molecule has 0 amide bonds. The molecule has 1 aliphatic rings. The first-order valence-corrected chi connectivity index (χ1v) is 6.21. The molecule has 0 spiro atoms. The van der Waals surface area contributed by atoms with Crippen molar-refractivity contribution in [3.63, 3.8) is 0 Å². The van der Waals surface area contributed by atoms with Gasteiger partial charge in [0, 0.05) is 12.6 Å². The summed E-state index contributed by atoms with van der Waals surface area (Å²) < 4.78 is 5.69. The van der Waals surface area contributed by atoms with E-state index in [0.29, 0.717) is 25.3 Å². The molecule has 3 nitrogen and oxygen atoms in total. The van der Waals surface area contributed by atoms with Gasteiger partial charge in [0.15, 0.2) is 0 Å². The smallest absolute Gasteiger partial charge is 0.0897 e. The largest absolute Gasteiger partial charge is 0.389 e. The van der Waals surface area contributed by atoms with Crippen molar-refractivity contribution in [1.82, 2.24) is 5.32 Å². The molecule has 1 atom stereocenters. The van der Waals surface area contributed by atoms with Crippen LogP contribution in [0.1, 0.15) is 46.0 Å². The average Bonchev–Trinajstić information content (AvgIpc) is 2.25. The second kappa shape index (κ2) is 7.20. The molecule has 0 aromatic rings. The molecular weight excluding hydrogens is 190 g/mol. The lowest BCUT2D eigenvalue weighted by atomic mass is 9.98. The highest BCUT2D eigenvalue weighted by Crippen LogP contribution is 2.20. The Morgan fingerprint density at radius 1 is 1.27 bits per heavy atom. The minimum Gasteiger partial charge on any atom is -0.389 e. The van der Waals surface area contributed by atoms with Crippen LogP contribution in [0, 0.1) is 0 Å². The van der Waals surface area contributed by atoms with Crippen molar-refractivity contribution in [2.75, 3.05) is 13.2 Å². The Hall–Kier alpha value is -0.120. The van der Waals surface area contributed by atoms with Crippen LogP contribution < -0.4 is 5.32 Å². The van der Waals surface area contributed by atoms with Crippen molar-refractivity contribution in [3.8, 4) is 0 Å². The molecular formula is C12H25NO2. The van der Waals surface area contributed by atoms with Crippen LogP contribution in [0.2, 0.25) is 0 Å². The van der Waals surface area contributed by atoms with Gasteiger partial charge in [0.25, 0.3) is 0 Å². The summed E-state index contributed by atoms with van der Waals surface area (Å²) in [5.41, 5.74) is 0. The molecule has 2 N–H and O–H groups in total. The lowest BCUT2D eigenvalue weighted by Crippen LogP contribution is -2.35. The van der Waals surface area contributed by atoms with E-state index in [1.165, 1.54) is 32.1 Å². The Bertz CT molecular complexity index is 156. The van der Waals surface area contributed by atoms with Crippen LogP contribution in [0.3, 0.4) is 0 Å². The first kappa shape index (κ1) is 12.9. The van der Waals surface area contributed by atoms with Gasteiger partial charge in [0.2, 0.25) is 0 Å². The van der Waals surface area contributed by atoms with Gasteiger partial charge in [-0.05, 0) is 12.8 Å². The zero-order valence-electron chi connectivity index (χ0n) is 10.0. The van der Waals surface area contributed by atoms with E-state index in [2.05, 4.69) is 19.2 Å². The Labute approximate surface area is 93.2 Å². The summed E-state index contributed by atoms with van der Waals surface area (Å²) in [5.74, 6) is 0. The van der Waals surface area contributed by atoms with Gasteiger partial charge in [-0.3, -0.25) is 0 Å². The molecule has 1 unspecified atom stereocenters. The Morgan fingerprint density at radius 3 is 2.53 bits per heavy atom. The number of aliphatic hydroxyl groups is 1. The summed E-state index contributed by atoms with van der Waals surface area (Å²) in [7, 11) is 0. The van der Waals surface area contributed by atoms with E-state index in [1.54, 1.807) is 0 Å². The van der Waals surface area contributed by atoms with Crippen molar-refractivity contribution in [2.45, 2.75) is 64.2 Å². The van der Waals surface area contributed by atoms with Crippen molar-refractivity contribution in [1.29, 1.82) is 0 Å². The summed E-state index contributed by atoms with van der Waals surface area (Å²) >= 11 is 0. The molecule has 0 aromatic heterocycles. The molecule has 1 rings (SSSR count). The number of ether oxygens (including phenoxy) is 1. The fourth-order valence-electron chi connectivity index (χ4n) is 1.91. The second-order valence-corrected chi connectivity index (χ2v) is 4.81. The van der Waals surface area contributed by atoms with Crippen LogP contribution in [0.25, 0.3) is 0 Å². The van der Waals surface area contributed by atoms with Crippen molar-refractivity contribution in [2.24, 2.45) is 0 Å². The number of aliphatic hydroxyl groups excluding tert-OH is 1. The van der Waals surface area contributed by atoms with E-state index in [4.69, 9.17) is 4.74 Å². The van der Waals surface area contributed by atoms with E-state index >= 15 is 0 Å². The van der Waals surface area contributed by atoms with Crippen LogP contribution in [0.5, 0.6) is 0 Å². The lowest BCUT2D eigenvalue weighted by Gasteiger charge is -2.23. The zero-order valence-corrected chi connectivity index (χ0v) is 10.0. The maximum atomic E-state index is 9.64. The predicted molar refractivity (Wildman–Crippen MR) is 62.0 cm³/mol. The predicted octanol–water partition coefficient (Wildman–Crippen LogP) is 1.69. The summed E-state index contributed by atoms with van der Waals surface area (Å²) in [6.07, 6.45) is 6.28. The molecule has 0 aliphatic heterocycles. The van der Waals surface area contributed by atoms with Crippen LogP contribution in [0.15, 0.2) is 0 Å². The van der Waals surface area contributed by atoms with E-state index in [9.17, 15) is 5.11 Å². The topological polar surface area (TPSA) is 41.5 Å². The normalized spacial score (nSPS) is 20.8. The third kappa shape index (κ3) is 6.13. The van der Waals surface area contributed by atoms with Gasteiger partial charge in [-0.15, -0.1) is 0 Å². The summed E-state index contributed by atoms with van der Waals surface area (Å²) in [5, 5.41) is 12.8. The second-order valence-electron chi connectivity index (χ2n) is 4.81. The molecule has 15 heavy (non-hydrogen) atoms. The lowest BCUT2D eigenvalue weighted by molar-refractivity contribution is -0.0233. The first-order chi connectivity index (χ1) is 7.18. The first-order valence-electron chi connectivity index (χ1n) is 6.21. The van der Waals surface area contributed by atoms with Crippen molar-refractivity contribution >= 4 is 0 Å². The highest BCUT2D eigenvalue weighted by molar-refractivity contribution is 4.67. The molecule has 0 aromatic carbocycles. The minimum absolute atomic E-state index is 0.366. The van der Waals surface area contributed by atoms with Gasteiger partial charge in [-0.2, -0.15) is 0 Å². The van der Waals surface area contributed by atoms with Gasteiger partial charge < -0.3 is 15.2 Å². The summed E-state index contributed by atoms with van der Waals surface area (Å²) in [6, 6.07) is 0.425. The van der Waals surface area contributed by atoms with Crippen LogP contribution >= 0.6 is 0 Å². The van der Waals surface area contributed by atoms with E-state index < -0.39 is 0 Å². The average molecular weight is 215 g/mol. The molecule has 1 fully saturated rings. The molecule has 1 saturated carbocycles. The highest BCUT2D eigenvalue weighted by Gasteiger charge is 2.15. The minimum atomic E-state index is -0.366. The van der Waals surface area contributed by atoms with Gasteiger partial charge in [-0.1, -0.05) is 33.1 Å². The molecule has 0 radical (unpaired) electrons. The maximum Gasteiger partial charge on any atom is 0.0897 e. The van der Waals surface area contributed by atoms with E-state index in [0.717, 1.165) is 0 Å². The Kier molecular flexibility index (Phi) is 6.22. The number of hydrogen-bond donors (Lipinski definition) is 2. The fourth-order valence-corrected chi connectivity index (χ4v) is 1.91. The van der Waals surface area contributed by atoms with Crippen LogP contribution in [0.4, 0.5) is 0 Å². The highest BCUT2D eigenvalue weighted by atomic mass is 16.5. The van der Waals surface area contributed by atoms with Gasteiger partial charge in [-0.25, -0.2) is 0 Å². The molecule has 0 saturated heterocycles. The maximum absolute atomic E-state index is 9.64. The number of rotatable bonds is 6. The van der Waals surface area contributed by atoms with Gasteiger partial charge >= 0.3 is 0 Å². The summed E-state index contributed by atoms with van der Waals surface area (Å²) in [4.78, 5) is 0. The number of nitrogens with one attached hydrogen (secondary N) is 1. The number of hydrogen-bond acceptors (Lipinski definition) is 3. The van der Waals surface area contributed by atoms with E-state index in [-0.39, 0.29) is 6.10 Å². The van der Waals surface area contributed by atoms with Crippen molar-refractivity contribution < 1.29 is 9.84 Å². The molecule has 0 heterocycles. The van der Waals surface area contributed by atoms with Gasteiger partial charge in [0.05, 0.1) is 18.8 Å². The molecule has 90 valence electrons. The monoisotopic (exact) mass is 215 g/mol. The van der Waals surface area contributed by atoms with E-state index in [1.807, 2.05) is 0 Å². The third-order valence-electron chi connectivity index (χ3n) is 2.84. The Morgan fingerprint density at radius 2 is 1.93 bits per heavy atom. The van der Waals surface area contributed by atoms with Gasteiger partial charge in [0.1, 0.15) is 0 Å². The summed E-state index contributed by atoms with van der Waals surface area (Å²) in [6.45, 7) is 5.26. The van der Waals surface area contributed by atoms with Crippen LogP contribution in [-0.4, -0.2) is 36.5 Å². The molecule has 1 aliphatic carbocycles. The standard InChI is InChI=1S/C12H25NO2/c1-10(2)13-8-11(14)9-15-12-6-4-3-5-7-12/h10-14H,3-9H2,1-2H3.